The maximum absolute atomic E-state index is 12.5. The number of nitrogens with zero attached hydrogens (tertiary/aromatic N) is 2. The molecular formula is C17H20N6O2. The first-order chi connectivity index (χ1) is 12.2. The molecule has 4 N–H and O–H groups in total. The Kier molecular flexibility index (Phi) is 3.84. The van der Waals surface area contributed by atoms with Crippen LogP contribution in [0.3, 0.4) is 0 Å². The Bertz CT molecular complexity index is 849. The standard InChI is InChI=1S/C17H20N6O2/c18-7-5-13(10-3-1-2-4-10)23-9-12(16(24)22-23)14-11-6-8-19-15(11)21-17(25)20-14/h6,8-10,13,15,19H,1-5H2,(H,22,24)(H2,20,21,25). The largest absolute Gasteiger partial charge is 0.367 e. The number of aromatic amines is 1. The molecule has 3 heterocycles. The Morgan fingerprint density at radius 3 is 2.88 bits per heavy atom. The van der Waals surface area contributed by atoms with Crippen molar-refractivity contribution in [3.05, 3.63) is 40.0 Å². The number of carbonyl (C=O) groups excluding carboxylic acids is 1. The molecule has 0 aromatic carbocycles. The minimum Gasteiger partial charge on any atom is -0.367 e. The van der Waals surface area contributed by atoms with Crippen LogP contribution in [0.2, 0.25) is 0 Å². The molecule has 1 aliphatic carbocycles. The summed E-state index contributed by atoms with van der Waals surface area (Å²) in [6.45, 7) is 0. The summed E-state index contributed by atoms with van der Waals surface area (Å²) in [5.74, 6) is 0.400. The van der Waals surface area contributed by atoms with Crippen LogP contribution in [-0.4, -0.2) is 22.0 Å². The van der Waals surface area contributed by atoms with Crippen molar-refractivity contribution in [3.8, 4) is 6.07 Å². The highest BCUT2D eigenvalue weighted by atomic mass is 16.2. The fourth-order valence-corrected chi connectivity index (χ4v) is 4.03. The first kappa shape index (κ1) is 15.6. The van der Waals surface area contributed by atoms with E-state index in [2.05, 4.69) is 27.1 Å². The highest BCUT2D eigenvalue weighted by Gasteiger charge is 2.31. The van der Waals surface area contributed by atoms with Crippen molar-refractivity contribution in [2.75, 3.05) is 0 Å². The molecule has 25 heavy (non-hydrogen) atoms. The quantitative estimate of drug-likeness (QED) is 0.661. The summed E-state index contributed by atoms with van der Waals surface area (Å²) in [5, 5.41) is 20.6. The molecule has 1 aromatic heterocycles. The van der Waals surface area contributed by atoms with E-state index in [9.17, 15) is 14.9 Å². The summed E-state index contributed by atoms with van der Waals surface area (Å²) in [6, 6.07) is 1.85. The molecule has 3 aliphatic rings. The van der Waals surface area contributed by atoms with Gasteiger partial charge in [-0.2, -0.15) is 5.26 Å². The number of H-pyrrole nitrogens is 1. The first-order valence-electron chi connectivity index (χ1n) is 8.60. The number of hydrogen-bond acceptors (Lipinski definition) is 4. The van der Waals surface area contributed by atoms with E-state index in [4.69, 9.17) is 0 Å². The zero-order valence-electron chi connectivity index (χ0n) is 13.7. The molecule has 2 aliphatic heterocycles. The topological polar surface area (TPSA) is 115 Å². The van der Waals surface area contributed by atoms with E-state index in [-0.39, 0.29) is 23.8 Å². The fraction of sp³-hybridized carbons (Fsp3) is 0.471. The summed E-state index contributed by atoms with van der Waals surface area (Å²) in [6.07, 6.45) is 9.84. The lowest BCUT2D eigenvalue weighted by Crippen LogP contribution is -2.51. The molecule has 8 heteroatoms. The van der Waals surface area contributed by atoms with E-state index >= 15 is 0 Å². The predicted molar refractivity (Wildman–Crippen MR) is 90.9 cm³/mol. The van der Waals surface area contributed by atoms with Gasteiger partial charge in [-0.25, -0.2) is 4.79 Å². The van der Waals surface area contributed by atoms with Gasteiger partial charge in [-0.15, -0.1) is 0 Å². The number of carbonyl (C=O) groups is 1. The molecular weight excluding hydrogens is 320 g/mol. The fourth-order valence-electron chi connectivity index (χ4n) is 4.03. The monoisotopic (exact) mass is 340 g/mol. The van der Waals surface area contributed by atoms with E-state index < -0.39 is 0 Å². The van der Waals surface area contributed by atoms with Crippen LogP contribution in [0, 0.1) is 17.2 Å². The molecule has 1 aromatic rings. The number of amides is 2. The summed E-state index contributed by atoms with van der Waals surface area (Å²) >= 11 is 0. The van der Waals surface area contributed by atoms with Crippen LogP contribution in [0.5, 0.6) is 0 Å². The number of nitrogens with one attached hydrogen (secondary N) is 4. The molecule has 1 fully saturated rings. The molecule has 4 rings (SSSR count). The Morgan fingerprint density at radius 2 is 2.12 bits per heavy atom. The zero-order chi connectivity index (χ0) is 17.4. The second-order valence-electron chi connectivity index (χ2n) is 6.73. The number of urea groups is 1. The van der Waals surface area contributed by atoms with Crippen LogP contribution in [0.1, 0.15) is 43.7 Å². The van der Waals surface area contributed by atoms with Crippen molar-refractivity contribution in [2.45, 2.75) is 44.3 Å². The van der Waals surface area contributed by atoms with Gasteiger partial charge in [0.1, 0.15) is 6.17 Å². The van der Waals surface area contributed by atoms with Crippen molar-refractivity contribution in [3.63, 3.8) is 0 Å². The molecule has 1 saturated carbocycles. The highest BCUT2D eigenvalue weighted by Crippen LogP contribution is 2.36. The van der Waals surface area contributed by atoms with E-state index in [1.807, 2.05) is 6.08 Å². The van der Waals surface area contributed by atoms with Crippen molar-refractivity contribution in [1.82, 2.24) is 25.7 Å². The summed E-state index contributed by atoms with van der Waals surface area (Å²) in [5.41, 5.74) is 1.49. The molecule has 2 amide bonds. The second kappa shape index (κ2) is 6.16. The molecule has 8 nitrogen and oxygen atoms in total. The lowest BCUT2D eigenvalue weighted by atomic mass is 9.96. The Balaban J connectivity index is 1.73. The van der Waals surface area contributed by atoms with Crippen LogP contribution in [0.25, 0.3) is 5.70 Å². The number of hydrogen-bond donors (Lipinski definition) is 4. The summed E-state index contributed by atoms with van der Waals surface area (Å²) in [4.78, 5) is 24.4. The SMILES string of the molecule is N#CCC(C1CCCC1)n1cc(C2=C3C=CNC3NC(=O)N2)c(=O)[nH]1. The lowest BCUT2D eigenvalue weighted by molar-refractivity contribution is 0.240. The Morgan fingerprint density at radius 1 is 1.32 bits per heavy atom. The van der Waals surface area contributed by atoms with E-state index in [1.165, 1.54) is 12.8 Å². The van der Waals surface area contributed by atoms with Gasteiger partial charge in [-0.1, -0.05) is 12.8 Å². The summed E-state index contributed by atoms with van der Waals surface area (Å²) < 4.78 is 1.76. The third kappa shape index (κ3) is 2.71. The molecule has 0 saturated heterocycles. The average Bonchev–Trinajstić information content (AvgIpc) is 3.32. The minimum atomic E-state index is -0.350. The van der Waals surface area contributed by atoms with Gasteiger partial charge in [0.15, 0.2) is 0 Å². The molecule has 2 unspecified atom stereocenters. The minimum absolute atomic E-state index is 0.0370. The van der Waals surface area contributed by atoms with E-state index in [0.29, 0.717) is 23.6 Å². The molecule has 0 spiro atoms. The molecule has 0 bridgehead atoms. The number of rotatable bonds is 4. The van der Waals surface area contributed by atoms with Crippen molar-refractivity contribution in [1.29, 1.82) is 5.26 Å². The number of aromatic nitrogens is 2. The summed E-state index contributed by atoms with van der Waals surface area (Å²) in [7, 11) is 0. The van der Waals surface area contributed by atoms with Gasteiger partial charge in [0.05, 0.1) is 29.8 Å². The maximum atomic E-state index is 12.5. The Hall–Kier alpha value is -2.95. The first-order valence-corrected chi connectivity index (χ1v) is 8.60. The third-order valence-corrected chi connectivity index (χ3v) is 5.25. The van der Waals surface area contributed by atoms with Gasteiger partial charge >= 0.3 is 6.03 Å². The van der Waals surface area contributed by atoms with Crippen molar-refractivity contribution < 1.29 is 4.79 Å². The van der Waals surface area contributed by atoms with Gasteiger partial charge in [0.25, 0.3) is 5.56 Å². The lowest BCUT2D eigenvalue weighted by Gasteiger charge is -2.25. The number of nitriles is 1. The molecule has 0 radical (unpaired) electrons. The normalized spacial score (nSPS) is 23.6. The highest BCUT2D eigenvalue weighted by molar-refractivity contribution is 5.91. The smallest absolute Gasteiger partial charge is 0.321 e. The van der Waals surface area contributed by atoms with Gasteiger partial charge in [-0.05, 0) is 31.0 Å². The maximum Gasteiger partial charge on any atom is 0.321 e. The van der Waals surface area contributed by atoms with Crippen LogP contribution in [0.4, 0.5) is 4.79 Å². The van der Waals surface area contributed by atoms with E-state index in [1.54, 1.807) is 17.1 Å². The van der Waals surface area contributed by atoms with Crippen molar-refractivity contribution >= 4 is 11.7 Å². The van der Waals surface area contributed by atoms with Gasteiger partial charge in [0, 0.05) is 11.8 Å². The predicted octanol–water partition coefficient (Wildman–Crippen LogP) is 1.29. The van der Waals surface area contributed by atoms with Crippen LogP contribution in [-0.2, 0) is 0 Å². The zero-order valence-corrected chi connectivity index (χ0v) is 13.7. The van der Waals surface area contributed by atoms with Gasteiger partial charge in [0.2, 0.25) is 0 Å². The van der Waals surface area contributed by atoms with Gasteiger partial charge < -0.3 is 16.0 Å². The van der Waals surface area contributed by atoms with Crippen LogP contribution >= 0.6 is 0 Å². The van der Waals surface area contributed by atoms with Gasteiger partial charge in [-0.3, -0.25) is 14.6 Å². The molecule has 2 atom stereocenters. The van der Waals surface area contributed by atoms with Crippen LogP contribution in [0.15, 0.2) is 28.8 Å². The second-order valence-corrected chi connectivity index (χ2v) is 6.73. The number of fused-ring (bicyclic) bond motifs is 1. The molecule has 130 valence electrons. The van der Waals surface area contributed by atoms with Crippen LogP contribution < -0.4 is 21.5 Å². The average molecular weight is 340 g/mol. The third-order valence-electron chi connectivity index (χ3n) is 5.25. The Labute approximate surface area is 144 Å². The van der Waals surface area contributed by atoms with E-state index in [0.717, 1.165) is 18.4 Å². The van der Waals surface area contributed by atoms with Crippen molar-refractivity contribution in [2.24, 2.45) is 5.92 Å².